The minimum absolute atomic E-state index is 1.01. The van der Waals surface area contributed by atoms with Crippen molar-refractivity contribution in [3.05, 3.63) is 147 Å². The van der Waals surface area contributed by atoms with Gasteiger partial charge in [0, 0.05) is 22.3 Å². The van der Waals surface area contributed by atoms with E-state index in [1.807, 2.05) is 0 Å². The van der Waals surface area contributed by atoms with Gasteiger partial charge in [-0.2, -0.15) is 0 Å². The predicted octanol–water partition coefficient (Wildman–Crippen LogP) is 15.4. The standard InChI is InChI=1S/C40H60N2.2C7H7.Ni/c1-5-9-13-15-17-19-21-33-25-29-35(30-26-33)39-37(23-11-7-3)38(24-12-8-4)40(42(39)41)36-31-27-34(28-32-36)22-20-18-16-14-10-6-2;2*1-7-5-3-2-4-6-7;/h25-32H,5-24H2,1-4H3;2*3-6H,1H3;. The van der Waals surface area contributed by atoms with E-state index < -0.39 is 0 Å². The van der Waals surface area contributed by atoms with Crippen molar-refractivity contribution in [3.63, 3.8) is 0 Å². The molecule has 4 aromatic carbocycles. The molecule has 0 saturated carbocycles. The molecule has 3 heteroatoms. The van der Waals surface area contributed by atoms with Gasteiger partial charge in [-0.15, -0.1) is 0 Å². The molecule has 4 aromatic rings. The van der Waals surface area contributed by atoms with Gasteiger partial charge < -0.3 is 5.53 Å². The summed E-state index contributed by atoms with van der Waals surface area (Å²) in [4.78, 5) is 0. The third-order valence-electron chi connectivity index (χ3n) is 11.2. The summed E-state index contributed by atoms with van der Waals surface area (Å²) in [6, 6.07) is 35.5. The number of hydrogen-bond acceptors (Lipinski definition) is 0. The number of unbranched alkanes of at least 4 members (excludes halogenated alkanes) is 12. The van der Waals surface area contributed by atoms with Crippen LogP contribution in [0.25, 0.3) is 16.9 Å². The number of allylic oxidation sites excluding steroid dienone is 2. The Labute approximate surface area is 355 Å². The molecule has 2 nitrogen and oxygen atoms in total. The molecule has 1 heterocycles. The second-order valence-electron chi connectivity index (χ2n) is 16.2. The van der Waals surface area contributed by atoms with E-state index in [0.29, 0.717) is 0 Å². The minimum atomic E-state index is 1.01. The molecule has 0 amide bonds. The van der Waals surface area contributed by atoms with Crippen LogP contribution in [-0.4, -0.2) is 4.70 Å². The van der Waals surface area contributed by atoms with Crippen LogP contribution in [0.4, 0.5) is 0 Å². The summed E-state index contributed by atoms with van der Waals surface area (Å²) in [5.41, 5.74) is 24.3. The molecular formula is C54H74N2Ni. The van der Waals surface area contributed by atoms with Gasteiger partial charge in [-0.3, -0.25) is 0 Å². The zero-order valence-electron chi connectivity index (χ0n) is 36.6. The van der Waals surface area contributed by atoms with Crippen molar-refractivity contribution in [1.29, 1.82) is 0 Å². The SMILES string of the molecule is CCCCCCCCc1ccc(C2=C(CCCC)C(CCCC)=C(c3ccc(CCCCCCCC)cc3)[N+]2=[N-])cc1.Cc1cc[c]([Ni][c]2ccc(C)cc2)cc1. The van der Waals surface area contributed by atoms with Crippen molar-refractivity contribution in [2.75, 3.05) is 0 Å². The van der Waals surface area contributed by atoms with Crippen molar-refractivity contribution in [3.8, 4) is 0 Å². The topological polar surface area (TPSA) is 25.3 Å². The van der Waals surface area contributed by atoms with Gasteiger partial charge in [-0.25, -0.2) is 4.70 Å². The van der Waals surface area contributed by atoms with E-state index in [-0.39, 0.29) is 0 Å². The van der Waals surface area contributed by atoms with E-state index >= 15 is 0 Å². The average molecular weight is 810 g/mol. The summed E-state index contributed by atoms with van der Waals surface area (Å²) in [6.07, 6.45) is 24.9. The van der Waals surface area contributed by atoms with Crippen LogP contribution in [0.1, 0.15) is 177 Å². The normalized spacial score (nSPS) is 12.8. The summed E-state index contributed by atoms with van der Waals surface area (Å²) < 4.78 is 4.18. The van der Waals surface area contributed by atoms with E-state index in [1.54, 1.807) is 19.1 Å². The van der Waals surface area contributed by atoms with Crippen LogP contribution in [0.15, 0.2) is 108 Å². The molecule has 0 spiro atoms. The molecule has 0 N–H and O–H groups in total. The molecule has 0 aliphatic carbocycles. The third-order valence-corrected chi connectivity index (χ3v) is 12.4. The van der Waals surface area contributed by atoms with Crippen LogP contribution in [-0.2, 0) is 27.3 Å². The van der Waals surface area contributed by atoms with Crippen LogP contribution in [0, 0.1) is 13.8 Å². The van der Waals surface area contributed by atoms with Gasteiger partial charge in [0.15, 0.2) is 0 Å². The van der Waals surface area contributed by atoms with Crippen LogP contribution in [0.2, 0.25) is 0 Å². The molecule has 310 valence electrons. The van der Waals surface area contributed by atoms with E-state index in [4.69, 9.17) is 0 Å². The molecule has 0 aromatic heterocycles. The van der Waals surface area contributed by atoms with Gasteiger partial charge in [0.25, 0.3) is 0 Å². The van der Waals surface area contributed by atoms with Crippen molar-refractivity contribution < 1.29 is 19.1 Å². The first-order valence-electron chi connectivity index (χ1n) is 22.7. The summed E-state index contributed by atoms with van der Waals surface area (Å²) in [6.45, 7) is 13.3. The maximum absolute atomic E-state index is 11.8. The third kappa shape index (κ3) is 15.6. The molecule has 5 rings (SSSR count). The first kappa shape index (κ1) is 46.1. The van der Waals surface area contributed by atoms with Crippen LogP contribution < -0.4 is 9.07 Å². The summed E-state index contributed by atoms with van der Waals surface area (Å²) in [5, 5.41) is 0. The number of nitrogens with zero attached hydrogens (tertiary/aromatic N) is 2. The van der Waals surface area contributed by atoms with Gasteiger partial charge >= 0.3 is 97.0 Å². The fourth-order valence-electron chi connectivity index (χ4n) is 7.63. The molecule has 0 saturated heterocycles. The van der Waals surface area contributed by atoms with Crippen molar-refractivity contribution in [1.82, 2.24) is 0 Å². The van der Waals surface area contributed by atoms with E-state index in [2.05, 4.69) is 139 Å². The Morgan fingerprint density at radius 3 is 1.07 bits per heavy atom. The summed E-state index contributed by atoms with van der Waals surface area (Å²) in [7, 11) is 0. The molecule has 0 bridgehead atoms. The Kier molecular flexibility index (Phi) is 21.4. The number of benzene rings is 4. The molecule has 1 aliphatic rings. The molecule has 0 fully saturated rings. The first-order valence-corrected chi connectivity index (χ1v) is 23.7. The van der Waals surface area contributed by atoms with E-state index in [1.165, 1.54) is 120 Å². The van der Waals surface area contributed by atoms with Gasteiger partial charge in [0.05, 0.1) is 0 Å². The van der Waals surface area contributed by atoms with Crippen molar-refractivity contribution in [2.24, 2.45) is 0 Å². The molecule has 57 heavy (non-hydrogen) atoms. The van der Waals surface area contributed by atoms with Crippen LogP contribution >= 0.6 is 0 Å². The Morgan fingerprint density at radius 1 is 0.386 bits per heavy atom. The second-order valence-corrected chi connectivity index (χ2v) is 17.6. The molecule has 0 unspecified atom stereocenters. The number of hydrogen-bond donors (Lipinski definition) is 0. The molecule has 0 atom stereocenters. The average Bonchev–Trinajstić information content (AvgIpc) is 3.51. The first-order chi connectivity index (χ1) is 27.9. The van der Waals surface area contributed by atoms with Crippen LogP contribution in [0.5, 0.6) is 0 Å². The van der Waals surface area contributed by atoms with Gasteiger partial charge in [-0.1, -0.05) is 129 Å². The molecule has 0 radical (unpaired) electrons. The van der Waals surface area contributed by atoms with Gasteiger partial charge in [0.1, 0.15) is 0 Å². The quantitative estimate of drug-likeness (QED) is 0.0383. The number of rotatable bonds is 24. The van der Waals surface area contributed by atoms with Crippen LogP contribution in [0.3, 0.4) is 0 Å². The predicted molar refractivity (Wildman–Crippen MR) is 245 cm³/mol. The van der Waals surface area contributed by atoms with E-state index in [0.717, 1.165) is 73.9 Å². The van der Waals surface area contributed by atoms with Gasteiger partial charge in [0.2, 0.25) is 11.4 Å². The Hall–Kier alpha value is -3.55. The summed E-state index contributed by atoms with van der Waals surface area (Å²) >= 11 is 1.61. The van der Waals surface area contributed by atoms with Gasteiger partial charge in [-0.05, 0) is 86.8 Å². The van der Waals surface area contributed by atoms with Crippen molar-refractivity contribution >= 4 is 20.5 Å². The Morgan fingerprint density at radius 2 is 0.719 bits per heavy atom. The Balaban J connectivity index is 0.000000398. The van der Waals surface area contributed by atoms with Crippen molar-refractivity contribution in [2.45, 2.75) is 170 Å². The Bertz CT molecular complexity index is 1660. The fraction of sp³-hybridized carbons (Fsp3) is 0.481. The zero-order chi connectivity index (χ0) is 40.7. The van der Waals surface area contributed by atoms with E-state index in [9.17, 15) is 5.53 Å². The zero-order valence-corrected chi connectivity index (χ0v) is 37.6. The number of aryl methyl sites for hydroxylation is 4. The molecular weight excluding hydrogens is 735 g/mol. The second kappa shape index (κ2) is 26.5. The fourth-order valence-corrected chi connectivity index (χ4v) is 8.61. The molecule has 1 aliphatic heterocycles. The monoisotopic (exact) mass is 809 g/mol. The summed E-state index contributed by atoms with van der Waals surface area (Å²) in [5.74, 6) is 0. The maximum atomic E-state index is 11.8.